The third-order valence-corrected chi connectivity index (χ3v) is 3.18. The number of hydrogen-bond acceptors (Lipinski definition) is 6. The number of hydrogen-bond donors (Lipinski definition) is 3. The zero-order valence-corrected chi connectivity index (χ0v) is 10.3. The largest absolute Gasteiger partial charge is 0.395 e. The van der Waals surface area contributed by atoms with Crippen LogP contribution in [-0.4, -0.2) is 26.3 Å². The summed E-state index contributed by atoms with van der Waals surface area (Å²) in [6.45, 7) is 3.72. The fourth-order valence-electron chi connectivity index (χ4n) is 1.21. The van der Waals surface area contributed by atoms with E-state index in [1.165, 1.54) is 11.3 Å². The second kappa shape index (κ2) is 4.50. The maximum Gasteiger partial charge on any atom is 0.280 e. The van der Waals surface area contributed by atoms with Crippen LogP contribution in [0.5, 0.6) is 0 Å². The van der Waals surface area contributed by atoms with Crippen LogP contribution in [-0.2, 0) is 6.42 Å². The Bertz CT molecular complexity index is 545. The average Bonchev–Trinajstić information content (AvgIpc) is 2.88. The summed E-state index contributed by atoms with van der Waals surface area (Å²) in [6, 6.07) is 0. The van der Waals surface area contributed by atoms with E-state index < -0.39 is 0 Å². The number of nitrogens with zero attached hydrogens (tertiary/aromatic N) is 3. The molecule has 4 N–H and O–H groups in total. The zero-order chi connectivity index (χ0) is 12.4. The number of amides is 1. The average molecular weight is 252 g/mol. The lowest BCUT2D eigenvalue weighted by Crippen LogP contribution is -2.14. The van der Waals surface area contributed by atoms with Crippen molar-refractivity contribution in [2.75, 3.05) is 11.1 Å². The summed E-state index contributed by atoms with van der Waals surface area (Å²) in [4.78, 5) is 11.8. The fourth-order valence-corrected chi connectivity index (χ4v) is 1.89. The molecule has 0 unspecified atom stereocenters. The fraction of sp³-hybridized carbons (Fsp3) is 0.333. The first-order valence-corrected chi connectivity index (χ1v) is 5.87. The number of nitrogens with two attached hydrogens (primary N) is 1. The smallest absolute Gasteiger partial charge is 0.280 e. The molecule has 90 valence electrons. The number of carbonyl (C=O) groups is 1. The van der Waals surface area contributed by atoms with Gasteiger partial charge in [-0.2, -0.15) is 5.10 Å². The van der Waals surface area contributed by atoms with Gasteiger partial charge in [-0.3, -0.25) is 15.2 Å². The van der Waals surface area contributed by atoms with E-state index in [0.717, 1.165) is 11.4 Å². The molecular formula is C9H12N6OS. The van der Waals surface area contributed by atoms with Crippen molar-refractivity contribution in [1.82, 2.24) is 20.4 Å². The molecule has 0 spiro atoms. The molecular weight excluding hydrogens is 240 g/mol. The Kier molecular flexibility index (Phi) is 3.05. The SMILES string of the molecule is CCc1nnc(NC(=O)c2n[nH]c(C)c2N)s1. The van der Waals surface area contributed by atoms with Crippen molar-refractivity contribution in [2.24, 2.45) is 0 Å². The van der Waals surface area contributed by atoms with Crippen LogP contribution in [0.4, 0.5) is 10.8 Å². The highest BCUT2D eigenvalue weighted by molar-refractivity contribution is 7.15. The molecule has 2 aromatic heterocycles. The molecule has 2 rings (SSSR count). The van der Waals surface area contributed by atoms with Crippen molar-refractivity contribution in [3.05, 3.63) is 16.4 Å². The lowest BCUT2D eigenvalue weighted by molar-refractivity contribution is 0.102. The Morgan fingerprint density at radius 3 is 2.82 bits per heavy atom. The summed E-state index contributed by atoms with van der Waals surface area (Å²) >= 11 is 1.34. The summed E-state index contributed by atoms with van der Waals surface area (Å²) in [6.07, 6.45) is 0.789. The second-order valence-corrected chi connectivity index (χ2v) is 4.48. The molecule has 0 aliphatic carbocycles. The standard InChI is InChI=1S/C9H12N6OS/c1-3-5-13-15-9(17-5)11-8(16)7-6(10)4(2)12-14-7/h3,10H2,1-2H3,(H,12,14)(H,11,15,16). The third kappa shape index (κ3) is 2.26. The number of aromatic nitrogens is 4. The van der Waals surface area contributed by atoms with Gasteiger partial charge < -0.3 is 5.73 Å². The maximum absolute atomic E-state index is 11.8. The van der Waals surface area contributed by atoms with Crippen molar-refractivity contribution < 1.29 is 4.79 Å². The quantitative estimate of drug-likeness (QED) is 0.753. The van der Waals surface area contributed by atoms with Gasteiger partial charge in [-0.25, -0.2) is 0 Å². The highest BCUT2D eigenvalue weighted by atomic mass is 32.1. The summed E-state index contributed by atoms with van der Waals surface area (Å²) in [5.74, 6) is -0.384. The van der Waals surface area contributed by atoms with E-state index in [1.807, 2.05) is 6.92 Å². The van der Waals surface area contributed by atoms with Gasteiger partial charge in [0.2, 0.25) is 5.13 Å². The highest BCUT2D eigenvalue weighted by Crippen LogP contribution is 2.18. The van der Waals surface area contributed by atoms with E-state index in [9.17, 15) is 4.79 Å². The molecule has 2 heterocycles. The maximum atomic E-state index is 11.8. The molecule has 0 saturated heterocycles. The number of aryl methyl sites for hydroxylation is 2. The van der Waals surface area contributed by atoms with Gasteiger partial charge in [0.05, 0.1) is 11.4 Å². The number of carbonyl (C=O) groups excluding carboxylic acids is 1. The van der Waals surface area contributed by atoms with E-state index in [1.54, 1.807) is 6.92 Å². The Hall–Kier alpha value is -1.96. The van der Waals surface area contributed by atoms with Crippen molar-refractivity contribution in [3.8, 4) is 0 Å². The van der Waals surface area contributed by atoms with Gasteiger partial charge in [0.15, 0.2) is 5.69 Å². The number of H-pyrrole nitrogens is 1. The molecule has 0 aliphatic rings. The minimum atomic E-state index is -0.384. The van der Waals surface area contributed by atoms with Crippen LogP contribution in [0.25, 0.3) is 0 Å². The Morgan fingerprint density at radius 2 is 2.29 bits per heavy atom. The molecule has 1 amide bonds. The van der Waals surface area contributed by atoms with E-state index in [0.29, 0.717) is 16.5 Å². The molecule has 17 heavy (non-hydrogen) atoms. The number of anilines is 2. The molecule has 7 nitrogen and oxygen atoms in total. The third-order valence-electron chi connectivity index (χ3n) is 2.20. The van der Waals surface area contributed by atoms with Gasteiger partial charge >= 0.3 is 0 Å². The van der Waals surface area contributed by atoms with Crippen LogP contribution in [0, 0.1) is 6.92 Å². The van der Waals surface area contributed by atoms with Crippen LogP contribution < -0.4 is 11.1 Å². The summed E-state index contributed by atoms with van der Waals surface area (Å²) in [5, 5.41) is 18.2. The van der Waals surface area contributed by atoms with E-state index in [4.69, 9.17) is 5.73 Å². The minimum absolute atomic E-state index is 0.177. The van der Waals surface area contributed by atoms with Gasteiger partial charge in [-0.15, -0.1) is 10.2 Å². The molecule has 0 bridgehead atoms. The van der Waals surface area contributed by atoms with Crippen LogP contribution in [0.2, 0.25) is 0 Å². The Labute approximate surface area is 101 Å². The van der Waals surface area contributed by atoms with Gasteiger partial charge in [-0.1, -0.05) is 18.3 Å². The predicted octanol–water partition coefficient (Wildman–Crippen LogP) is 0.967. The predicted molar refractivity (Wildman–Crippen MR) is 65.0 cm³/mol. The minimum Gasteiger partial charge on any atom is -0.395 e. The molecule has 0 aromatic carbocycles. The van der Waals surface area contributed by atoms with Crippen LogP contribution >= 0.6 is 11.3 Å². The zero-order valence-electron chi connectivity index (χ0n) is 9.44. The van der Waals surface area contributed by atoms with E-state index >= 15 is 0 Å². The van der Waals surface area contributed by atoms with Crippen molar-refractivity contribution in [2.45, 2.75) is 20.3 Å². The molecule has 0 saturated carbocycles. The molecule has 2 aromatic rings. The van der Waals surface area contributed by atoms with Crippen LogP contribution in [0.15, 0.2) is 0 Å². The first-order chi connectivity index (χ1) is 8.11. The van der Waals surface area contributed by atoms with Crippen molar-refractivity contribution in [1.29, 1.82) is 0 Å². The van der Waals surface area contributed by atoms with Crippen LogP contribution in [0.3, 0.4) is 0 Å². The van der Waals surface area contributed by atoms with Crippen molar-refractivity contribution in [3.63, 3.8) is 0 Å². The van der Waals surface area contributed by atoms with E-state index in [2.05, 4.69) is 25.7 Å². The number of nitrogens with one attached hydrogen (secondary N) is 2. The van der Waals surface area contributed by atoms with Crippen LogP contribution in [0.1, 0.15) is 28.1 Å². The first-order valence-electron chi connectivity index (χ1n) is 5.06. The summed E-state index contributed by atoms with van der Waals surface area (Å²) in [5.41, 5.74) is 6.90. The van der Waals surface area contributed by atoms with E-state index in [-0.39, 0.29) is 11.6 Å². The molecule has 8 heteroatoms. The lowest BCUT2D eigenvalue weighted by Gasteiger charge is -1.98. The number of aromatic amines is 1. The molecule has 0 aliphatic heterocycles. The lowest BCUT2D eigenvalue weighted by atomic mass is 10.3. The Morgan fingerprint density at radius 1 is 1.53 bits per heavy atom. The van der Waals surface area contributed by atoms with Gasteiger partial charge in [0.25, 0.3) is 5.91 Å². The molecule has 0 atom stereocenters. The highest BCUT2D eigenvalue weighted by Gasteiger charge is 2.16. The van der Waals surface area contributed by atoms with Gasteiger partial charge in [-0.05, 0) is 13.3 Å². The Balaban J connectivity index is 2.14. The number of rotatable bonds is 3. The monoisotopic (exact) mass is 252 g/mol. The molecule has 0 radical (unpaired) electrons. The topological polar surface area (TPSA) is 110 Å². The van der Waals surface area contributed by atoms with Gasteiger partial charge in [0.1, 0.15) is 5.01 Å². The summed E-state index contributed by atoms with van der Waals surface area (Å²) < 4.78 is 0. The number of nitrogen functional groups attached to an aromatic ring is 1. The van der Waals surface area contributed by atoms with Crippen molar-refractivity contribution >= 4 is 28.1 Å². The first kappa shape index (κ1) is 11.5. The second-order valence-electron chi connectivity index (χ2n) is 3.42. The normalized spacial score (nSPS) is 10.5. The molecule has 0 fully saturated rings. The van der Waals surface area contributed by atoms with Gasteiger partial charge in [0, 0.05) is 0 Å². The summed E-state index contributed by atoms with van der Waals surface area (Å²) in [7, 11) is 0.